The summed E-state index contributed by atoms with van der Waals surface area (Å²) in [7, 11) is -3.31. The van der Waals surface area contributed by atoms with E-state index in [0.717, 1.165) is 37.4 Å². The van der Waals surface area contributed by atoms with E-state index in [1.54, 1.807) is 6.07 Å². The van der Waals surface area contributed by atoms with E-state index in [9.17, 15) is 8.42 Å². The Hall–Kier alpha value is -1.03. The summed E-state index contributed by atoms with van der Waals surface area (Å²) in [4.78, 5) is 7.08. The fourth-order valence-electron chi connectivity index (χ4n) is 3.38. The van der Waals surface area contributed by atoms with E-state index >= 15 is 0 Å². The molecule has 1 heterocycles. The number of aliphatic imine (C=N–C) groups is 1. The fourth-order valence-corrected chi connectivity index (χ4v) is 3.98. The minimum absolute atomic E-state index is 0. The Morgan fingerprint density at radius 3 is 2.42 bits per heavy atom. The number of likely N-dealkylation sites (tertiary alicyclic amines) is 1. The van der Waals surface area contributed by atoms with E-state index < -0.39 is 10.0 Å². The van der Waals surface area contributed by atoms with E-state index in [4.69, 9.17) is 4.99 Å². The number of hydrogen-bond donors (Lipinski definition) is 2. The van der Waals surface area contributed by atoms with Gasteiger partial charge in [-0.25, -0.2) is 13.4 Å². The van der Waals surface area contributed by atoms with Crippen molar-refractivity contribution in [2.24, 2.45) is 16.8 Å². The maximum absolute atomic E-state index is 11.5. The third kappa shape index (κ3) is 7.30. The SMILES string of the molecule is CCNC(=NCc1ccccc1NS(C)(=O)=O)N1CC(C)CC(C)C1.I. The highest BCUT2D eigenvalue weighted by atomic mass is 127. The molecule has 1 aromatic rings. The van der Waals surface area contributed by atoms with Gasteiger partial charge in [0.2, 0.25) is 10.0 Å². The van der Waals surface area contributed by atoms with Gasteiger partial charge in [0.05, 0.1) is 18.5 Å². The van der Waals surface area contributed by atoms with Crippen LogP contribution in [-0.4, -0.2) is 45.2 Å². The van der Waals surface area contributed by atoms with Crippen LogP contribution in [-0.2, 0) is 16.6 Å². The predicted molar refractivity (Wildman–Crippen MR) is 120 cm³/mol. The smallest absolute Gasteiger partial charge is 0.229 e. The number of sulfonamides is 1. The van der Waals surface area contributed by atoms with Gasteiger partial charge in [0.25, 0.3) is 0 Å². The first-order valence-corrected chi connectivity index (χ1v) is 10.8. The average Bonchev–Trinajstić information content (AvgIpc) is 2.50. The second kappa shape index (κ2) is 10.3. The Morgan fingerprint density at radius 1 is 1.23 bits per heavy atom. The quantitative estimate of drug-likeness (QED) is 0.375. The largest absolute Gasteiger partial charge is 0.357 e. The number of piperidine rings is 1. The van der Waals surface area contributed by atoms with E-state index in [1.165, 1.54) is 6.42 Å². The predicted octanol–water partition coefficient (Wildman–Crippen LogP) is 3.12. The number of rotatable bonds is 5. The van der Waals surface area contributed by atoms with E-state index in [1.807, 2.05) is 18.2 Å². The zero-order valence-electron chi connectivity index (χ0n) is 16.0. The second-order valence-electron chi connectivity index (χ2n) is 7.05. The first-order chi connectivity index (χ1) is 11.8. The average molecular weight is 494 g/mol. The van der Waals surface area contributed by atoms with Crippen LogP contribution in [0.1, 0.15) is 32.8 Å². The van der Waals surface area contributed by atoms with Crippen molar-refractivity contribution >= 4 is 45.6 Å². The number of nitrogens with zero attached hydrogens (tertiary/aromatic N) is 2. The molecule has 26 heavy (non-hydrogen) atoms. The first-order valence-electron chi connectivity index (χ1n) is 8.87. The molecule has 1 aliphatic heterocycles. The molecule has 1 aromatic carbocycles. The molecule has 0 radical (unpaired) electrons. The zero-order valence-corrected chi connectivity index (χ0v) is 19.2. The van der Waals surface area contributed by atoms with Crippen LogP contribution in [0.15, 0.2) is 29.3 Å². The van der Waals surface area contributed by atoms with E-state index in [0.29, 0.717) is 24.1 Å². The number of benzene rings is 1. The molecule has 1 fully saturated rings. The number of hydrogen-bond acceptors (Lipinski definition) is 3. The Labute approximate surface area is 174 Å². The summed E-state index contributed by atoms with van der Waals surface area (Å²) >= 11 is 0. The molecule has 0 spiro atoms. The molecule has 0 saturated carbocycles. The first kappa shape index (κ1) is 23.0. The molecule has 1 saturated heterocycles. The molecule has 0 bridgehead atoms. The highest BCUT2D eigenvalue weighted by molar-refractivity contribution is 14.0. The van der Waals surface area contributed by atoms with Crippen molar-refractivity contribution < 1.29 is 8.42 Å². The van der Waals surface area contributed by atoms with Gasteiger partial charge >= 0.3 is 0 Å². The van der Waals surface area contributed by atoms with Crippen LogP contribution < -0.4 is 10.0 Å². The summed E-state index contributed by atoms with van der Waals surface area (Å²) in [5, 5.41) is 3.37. The summed E-state index contributed by atoms with van der Waals surface area (Å²) < 4.78 is 25.7. The summed E-state index contributed by atoms with van der Waals surface area (Å²) in [5.41, 5.74) is 1.45. The lowest BCUT2D eigenvalue weighted by Crippen LogP contribution is -2.48. The van der Waals surface area contributed by atoms with Crippen molar-refractivity contribution in [2.45, 2.75) is 33.7 Å². The van der Waals surface area contributed by atoms with Crippen LogP contribution in [0, 0.1) is 11.8 Å². The monoisotopic (exact) mass is 494 g/mol. The summed E-state index contributed by atoms with van der Waals surface area (Å²) in [5.74, 6) is 2.19. The van der Waals surface area contributed by atoms with Crippen molar-refractivity contribution in [3.05, 3.63) is 29.8 Å². The summed E-state index contributed by atoms with van der Waals surface area (Å²) in [6, 6.07) is 7.39. The lowest BCUT2D eigenvalue weighted by Gasteiger charge is -2.37. The zero-order chi connectivity index (χ0) is 18.4. The van der Waals surface area contributed by atoms with Gasteiger partial charge in [0.15, 0.2) is 5.96 Å². The van der Waals surface area contributed by atoms with Crippen molar-refractivity contribution in [1.29, 1.82) is 0 Å². The van der Waals surface area contributed by atoms with Crippen molar-refractivity contribution in [2.75, 3.05) is 30.6 Å². The fraction of sp³-hybridized carbons (Fsp3) is 0.611. The number of para-hydroxylation sites is 1. The van der Waals surface area contributed by atoms with Gasteiger partial charge in [-0.15, -0.1) is 24.0 Å². The van der Waals surface area contributed by atoms with Crippen LogP contribution in [0.3, 0.4) is 0 Å². The second-order valence-corrected chi connectivity index (χ2v) is 8.80. The maximum atomic E-state index is 11.5. The molecule has 1 aliphatic rings. The molecular formula is C18H31IN4O2S. The Balaban J connectivity index is 0.00000338. The molecule has 8 heteroatoms. The topological polar surface area (TPSA) is 73.8 Å². The Kier molecular flexibility index (Phi) is 9.15. The standard InChI is InChI=1S/C18H30N4O2S.HI/c1-5-19-18(22-12-14(2)10-15(3)13-22)20-11-16-8-6-7-9-17(16)21-25(4,23)24;/h6-9,14-15,21H,5,10-13H2,1-4H3,(H,19,20);1H. The highest BCUT2D eigenvalue weighted by Gasteiger charge is 2.24. The molecule has 2 unspecified atom stereocenters. The molecule has 2 N–H and O–H groups in total. The molecule has 6 nitrogen and oxygen atoms in total. The van der Waals surface area contributed by atoms with E-state index in [-0.39, 0.29) is 24.0 Å². The van der Waals surface area contributed by atoms with Crippen molar-refractivity contribution in [3.8, 4) is 0 Å². The highest BCUT2D eigenvalue weighted by Crippen LogP contribution is 2.22. The number of guanidine groups is 1. The lowest BCUT2D eigenvalue weighted by atomic mass is 9.92. The number of halogens is 1. The molecule has 148 valence electrons. The van der Waals surface area contributed by atoms with Crippen LogP contribution in [0.4, 0.5) is 5.69 Å². The van der Waals surface area contributed by atoms with Gasteiger partial charge in [-0.2, -0.15) is 0 Å². The van der Waals surface area contributed by atoms with E-state index in [2.05, 4.69) is 35.7 Å². The van der Waals surface area contributed by atoms with Crippen LogP contribution in [0.2, 0.25) is 0 Å². The molecule has 2 atom stereocenters. The van der Waals surface area contributed by atoms with Crippen LogP contribution >= 0.6 is 24.0 Å². The maximum Gasteiger partial charge on any atom is 0.229 e. The van der Waals surface area contributed by atoms with Gasteiger partial charge in [0, 0.05) is 19.6 Å². The third-order valence-corrected chi connectivity index (χ3v) is 4.81. The van der Waals surface area contributed by atoms with Gasteiger partial charge in [-0.05, 0) is 36.8 Å². The molecule has 0 amide bonds. The lowest BCUT2D eigenvalue weighted by molar-refractivity contribution is 0.208. The van der Waals surface area contributed by atoms with Gasteiger partial charge in [-0.1, -0.05) is 32.0 Å². The minimum Gasteiger partial charge on any atom is -0.357 e. The van der Waals surface area contributed by atoms with Gasteiger partial charge < -0.3 is 10.2 Å². The van der Waals surface area contributed by atoms with Crippen molar-refractivity contribution in [3.63, 3.8) is 0 Å². The van der Waals surface area contributed by atoms with Crippen molar-refractivity contribution in [1.82, 2.24) is 10.2 Å². The molecule has 0 aliphatic carbocycles. The third-order valence-electron chi connectivity index (χ3n) is 4.22. The van der Waals surface area contributed by atoms with Gasteiger partial charge in [-0.3, -0.25) is 4.72 Å². The summed E-state index contributed by atoms with van der Waals surface area (Å²) in [6.45, 7) is 9.85. The number of nitrogens with one attached hydrogen (secondary N) is 2. The number of anilines is 1. The minimum atomic E-state index is -3.31. The molecule has 0 aromatic heterocycles. The Bertz CT molecular complexity index is 699. The summed E-state index contributed by atoms with van der Waals surface area (Å²) in [6.07, 6.45) is 2.41. The van der Waals surface area contributed by atoms with Crippen LogP contribution in [0.25, 0.3) is 0 Å². The molecule has 2 rings (SSSR count). The van der Waals surface area contributed by atoms with Gasteiger partial charge in [0.1, 0.15) is 0 Å². The Morgan fingerprint density at radius 2 is 1.85 bits per heavy atom. The van der Waals surface area contributed by atoms with Crippen LogP contribution in [0.5, 0.6) is 0 Å². The molecular weight excluding hydrogens is 463 g/mol. The normalized spacial score (nSPS) is 21.1.